The molecule has 0 saturated carbocycles. The topological polar surface area (TPSA) is 46.9 Å². The summed E-state index contributed by atoms with van der Waals surface area (Å²) in [6, 6.07) is 8.36. The Bertz CT molecular complexity index is 648. The Kier molecular flexibility index (Phi) is 5.28. The van der Waals surface area contributed by atoms with Crippen LogP contribution in [0.25, 0.3) is 0 Å². The molecule has 0 spiro atoms. The quantitative estimate of drug-likeness (QED) is 0.887. The first-order chi connectivity index (χ1) is 10.1. The second-order valence-electron chi connectivity index (χ2n) is 5.42. The van der Waals surface area contributed by atoms with E-state index < -0.39 is 0 Å². The van der Waals surface area contributed by atoms with Crippen LogP contribution in [0.15, 0.2) is 41.5 Å². The van der Waals surface area contributed by atoms with Crippen LogP contribution in [0.1, 0.15) is 36.1 Å². The highest BCUT2D eigenvalue weighted by Gasteiger charge is 2.14. The van der Waals surface area contributed by atoms with Gasteiger partial charge in [-0.05, 0) is 44.0 Å². The van der Waals surface area contributed by atoms with E-state index in [0.29, 0.717) is 6.54 Å². The van der Waals surface area contributed by atoms with Crippen LogP contribution in [0.2, 0.25) is 0 Å². The Balaban J connectivity index is 2.30. The van der Waals surface area contributed by atoms with Gasteiger partial charge in [-0.15, -0.1) is 0 Å². The molecule has 4 nitrogen and oxygen atoms in total. The number of hydrogen-bond acceptors (Lipinski definition) is 3. The van der Waals surface area contributed by atoms with Crippen molar-refractivity contribution in [2.45, 2.75) is 39.8 Å². The monoisotopic (exact) mass is 285 g/mol. The molecule has 1 N–H and O–H groups in total. The van der Waals surface area contributed by atoms with Crippen LogP contribution in [0, 0.1) is 13.8 Å². The van der Waals surface area contributed by atoms with E-state index in [9.17, 15) is 4.79 Å². The largest absolute Gasteiger partial charge is 0.347 e. The fourth-order valence-corrected chi connectivity index (χ4v) is 2.53. The standard InChI is InChI=1S/C17H23N3O/c1-4-8-18-16(12-20-10-5-9-19-17(20)21)15-7-6-13(2)11-14(15)3/h5-7,9-11,16,18H,4,8,12H2,1-3H3. The van der Waals surface area contributed by atoms with Crippen molar-refractivity contribution in [2.24, 2.45) is 0 Å². The summed E-state index contributed by atoms with van der Waals surface area (Å²) in [5.74, 6) is 0. The molecule has 1 unspecified atom stereocenters. The summed E-state index contributed by atoms with van der Waals surface area (Å²) in [5.41, 5.74) is 3.54. The second kappa shape index (κ2) is 7.18. The number of nitrogens with one attached hydrogen (secondary N) is 1. The molecule has 1 aromatic carbocycles. The van der Waals surface area contributed by atoms with E-state index >= 15 is 0 Å². The van der Waals surface area contributed by atoms with Gasteiger partial charge in [-0.3, -0.25) is 4.57 Å². The van der Waals surface area contributed by atoms with E-state index in [4.69, 9.17) is 0 Å². The van der Waals surface area contributed by atoms with E-state index in [-0.39, 0.29) is 11.7 Å². The molecule has 4 heteroatoms. The lowest BCUT2D eigenvalue weighted by Gasteiger charge is -2.22. The van der Waals surface area contributed by atoms with Gasteiger partial charge in [-0.1, -0.05) is 30.7 Å². The zero-order valence-corrected chi connectivity index (χ0v) is 13.0. The number of nitrogens with zero attached hydrogens (tertiary/aromatic N) is 2. The summed E-state index contributed by atoms with van der Waals surface area (Å²) in [5, 5.41) is 3.53. The smallest absolute Gasteiger partial charge is 0.308 e. The first kappa shape index (κ1) is 15.4. The maximum absolute atomic E-state index is 11.8. The fraction of sp³-hybridized carbons (Fsp3) is 0.412. The van der Waals surface area contributed by atoms with Gasteiger partial charge >= 0.3 is 5.69 Å². The van der Waals surface area contributed by atoms with Gasteiger partial charge in [0.25, 0.3) is 0 Å². The second-order valence-corrected chi connectivity index (χ2v) is 5.42. The van der Waals surface area contributed by atoms with Crippen LogP contribution in [0.5, 0.6) is 0 Å². The molecule has 0 bridgehead atoms. The molecule has 0 saturated heterocycles. The van der Waals surface area contributed by atoms with Crippen molar-refractivity contribution >= 4 is 0 Å². The summed E-state index contributed by atoms with van der Waals surface area (Å²) >= 11 is 0. The predicted molar refractivity (Wildman–Crippen MR) is 85.4 cm³/mol. The van der Waals surface area contributed by atoms with Crippen molar-refractivity contribution in [3.05, 3.63) is 63.8 Å². The molecule has 0 aliphatic rings. The zero-order valence-electron chi connectivity index (χ0n) is 13.0. The van der Waals surface area contributed by atoms with Gasteiger partial charge in [0, 0.05) is 18.9 Å². The van der Waals surface area contributed by atoms with Gasteiger partial charge in [0.15, 0.2) is 0 Å². The van der Waals surface area contributed by atoms with Gasteiger partial charge in [0.05, 0.1) is 6.04 Å². The average Bonchev–Trinajstić information content (AvgIpc) is 2.46. The van der Waals surface area contributed by atoms with Crippen molar-refractivity contribution in [1.82, 2.24) is 14.9 Å². The molecule has 112 valence electrons. The molecule has 0 fully saturated rings. The third-order valence-electron chi connectivity index (χ3n) is 3.60. The highest BCUT2D eigenvalue weighted by atomic mass is 16.1. The van der Waals surface area contributed by atoms with Crippen molar-refractivity contribution in [1.29, 1.82) is 0 Å². The van der Waals surface area contributed by atoms with E-state index in [2.05, 4.69) is 49.3 Å². The third kappa shape index (κ3) is 4.02. The van der Waals surface area contributed by atoms with Crippen molar-refractivity contribution in [3.63, 3.8) is 0 Å². The number of rotatable bonds is 6. The minimum atomic E-state index is -0.203. The lowest BCUT2D eigenvalue weighted by atomic mass is 9.99. The molecule has 0 radical (unpaired) electrons. The lowest BCUT2D eigenvalue weighted by molar-refractivity contribution is 0.450. The van der Waals surface area contributed by atoms with Gasteiger partial charge in [0.1, 0.15) is 0 Å². The van der Waals surface area contributed by atoms with Crippen LogP contribution in [-0.2, 0) is 6.54 Å². The molecular formula is C17H23N3O. The van der Waals surface area contributed by atoms with Crippen LogP contribution in [0.3, 0.4) is 0 Å². The molecular weight excluding hydrogens is 262 g/mol. The van der Waals surface area contributed by atoms with Crippen LogP contribution >= 0.6 is 0 Å². The molecule has 2 rings (SSSR count). The predicted octanol–water partition coefficient (Wildman–Crippen LogP) is 2.60. The molecule has 1 atom stereocenters. The van der Waals surface area contributed by atoms with E-state index in [1.165, 1.54) is 22.9 Å². The average molecular weight is 285 g/mol. The first-order valence-corrected chi connectivity index (χ1v) is 7.43. The van der Waals surface area contributed by atoms with Crippen LogP contribution in [-0.4, -0.2) is 16.1 Å². The number of aromatic nitrogens is 2. The van der Waals surface area contributed by atoms with E-state index in [0.717, 1.165) is 13.0 Å². The minimum absolute atomic E-state index is 0.118. The van der Waals surface area contributed by atoms with E-state index in [1.807, 2.05) is 0 Å². The molecule has 0 aliphatic carbocycles. The summed E-state index contributed by atoms with van der Waals surface area (Å²) in [4.78, 5) is 15.6. The Morgan fingerprint density at radius 1 is 1.33 bits per heavy atom. The molecule has 0 aliphatic heterocycles. The highest BCUT2D eigenvalue weighted by molar-refractivity contribution is 5.32. The maximum atomic E-state index is 11.8. The van der Waals surface area contributed by atoms with Gasteiger partial charge < -0.3 is 5.32 Å². The van der Waals surface area contributed by atoms with Gasteiger partial charge in [0.2, 0.25) is 0 Å². The number of hydrogen-bond donors (Lipinski definition) is 1. The van der Waals surface area contributed by atoms with Gasteiger partial charge in [-0.25, -0.2) is 9.78 Å². The van der Waals surface area contributed by atoms with Crippen molar-refractivity contribution in [2.75, 3.05) is 6.54 Å². The summed E-state index contributed by atoms with van der Waals surface area (Å²) in [6.45, 7) is 7.87. The van der Waals surface area contributed by atoms with Crippen molar-refractivity contribution < 1.29 is 0 Å². The first-order valence-electron chi connectivity index (χ1n) is 7.43. The molecule has 21 heavy (non-hydrogen) atoms. The van der Waals surface area contributed by atoms with Crippen molar-refractivity contribution in [3.8, 4) is 0 Å². The SMILES string of the molecule is CCCNC(Cn1cccnc1=O)c1ccc(C)cc1C. The lowest BCUT2D eigenvalue weighted by Crippen LogP contribution is -2.32. The molecule has 2 aromatic rings. The number of aryl methyl sites for hydroxylation is 2. The Morgan fingerprint density at radius 2 is 2.14 bits per heavy atom. The number of benzene rings is 1. The Morgan fingerprint density at radius 3 is 2.81 bits per heavy atom. The highest BCUT2D eigenvalue weighted by Crippen LogP contribution is 2.20. The summed E-state index contributed by atoms with van der Waals surface area (Å²) < 4.78 is 1.66. The Labute approximate surface area is 125 Å². The van der Waals surface area contributed by atoms with Gasteiger partial charge in [-0.2, -0.15) is 0 Å². The minimum Gasteiger partial charge on any atom is -0.308 e. The zero-order chi connectivity index (χ0) is 15.2. The maximum Gasteiger partial charge on any atom is 0.347 e. The van der Waals surface area contributed by atoms with Crippen LogP contribution < -0.4 is 11.0 Å². The molecule has 1 aromatic heterocycles. The molecule has 1 heterocycles. The third-order valence-corrected chi connectivity index (χ3v) is 3.60. The fourth-order valence-electron chi connectivity index (χ4n) is 2.53. The molecule has 0 amide bonds. The summed E-state index contributed by atoms with van der Waals surface area (Å²) in [6.07, 6.45) is 4.38. The summed E-state index contributed by atoms with van der Waals surface area (Å²) in [7, 11) is 0. The Hall–Kier alpha value is -1.94. The normalized spacial score (nSPS) is 12.3. The van der Waals surface area contributed by atoms with Crippen LogP contribution in [0.4, 0.5) is 0 Å². The van der Waals surface area contributed by atoms with E-state index in [1.54, 1.807) is 16.8 Å².